The van der Waals surface area contributed by atoms with E-state index in [2.05, 4.69) is 25.9 Å². The highest BCUT2D eigenvalue weighted by Gasteiger charge is 2.11. The van der Waals surface area contributed by atoms with Crippen LogP contribution in [-0.4, -0.2) is 15.1 Å². The third kappa shape index (κ3) is 2.06. The number of nitrogen functional groups attached to an aromatic ring is 1. The van der Waals surface area contributed by atoms with Gasteiger partial charge in [0.1, 0.15) is 11.6 Å². The number of rotatable bonds is 1. The molecule has 5 heteroatoms. The molecule has 4 nitrogen and oxygen atoms in total. The maximum Gasteiger partial charge on any atom is 0.142 e. The molecular weight excluding hydrogens is 306 g/mol. The fourth-order valence-corrected chi connectivity index (χ4v) is 2.70. The molecule has 1 heterocycles. The molecule has 0 saturated carbocycles. The first-order chi connectivity index (χ1) is 9.04. The van der Waals surface area contributed by atoms with E-state index in [0.29, 0.717) is 17.1 Å². The number of nitrogens with zero attached hydrogens (tertiary/aromatic N) is 1. The number of aromatic nitrogens is 2. The van der Waals surface area contributed by atoms with E-state index in [1.165, 1.54) is 6.07 Å². The van der Waals surface area contributed by atoms with Crippen molar-refractivity contribution < 1.29 is 5.11 Å². The van der Waals surface area contributed by atoms with Gasteiger partial charge in [0.15, 0.2) is 0 Å². The Morgan fingerprint density at radius 3 is 2.79 bits per heavy atom. The largest absolute Gasteiger partial charge is 0.507 e. The lowest BCUT2D eigenvalue weighted by Crippen LogP contribution is -1.86. The first kappa shape index (κ1) is 12.0. The number of anilines is 1. The van der Waals surface area contributed by atoms with Crippen LogP contribution in [0.25, 0.3) is 22.4 Å². The van der Waals surface area contributed by atoms with Crippen LogP contribution < -0.4 is 5.73 Å². The molecule has 4 N–H and O–H groups in total. The average molecular weight is 318 g/mol. The van der Waals surface area contributed by atoms with Crippen molar-refractivity contribution in [2.75, 3.05) is 5.73 Å². The molecule has 0 aliphatic rings. The van der Waals surface area contributed by atoms with E-state index in [4.69, 9.17) is 5.73 Å². The maximum absolute atomic E-state index is 9.94. The van der Waals surface area contributed by atoms with Crippen molar-refractivity contribution in [2.24, 2.45) is 0 Å². The average Bonchev–Trinajstić information content (AvgIpc) is 2.72. The summed E-state index contributed by atoms with van der Waals surface area (Å²) in [5.41, 5.74) is 9.69. The molecule has 0 aliphatic carbocycles. The SMILES string of the molecule is Cc1cc(Br)cc2[nH]c(-c3ccc(N)cc3O)nc12. The van der Waals surface area contributed by atoms with Gasteiger partial charge in [0.2, 0.25) is 0 Å². The summed E-state index contributed by atoms with van der Waals surface area (Å²) in [6.45, 7) is 2.00. The van der Waals surface area contributed by atoms with Crippen LogP contribution in [0.4, 0.5) is 5.69 Å². The summed E-state index contributed by atoms with van der Waals surface area (Å²) < 4.78 is 0.995. The first-order valence-corrected chi connectivity index (χ1v) is 6.58. The molecule has 0 spiro atoms. The van der Waals surface area contributed by atoms with E-state index in [9.17, 15) is 5.11 Å². The summed E-state index contributed by atoms with van der Waals surface area (Å²) in [6, 6.07) is 8.99. The molecular formula is C14H12BrN3O. The minimum atomic E-state index is 0.121. The van der Waals surface area contributed by atoms with Crippen molar-refractivity contribution >= 4 is 32.7 Å². The number of benzene rings is 2. The lowest BCUT2D eigenvalue weighted by atomic mass is 10.2. The zero-order valence-corrected chi connectivity index (χ0v) is 11.8. The van der Waals surface area contributed by atoms with E-state index in [0.717, 1.165) is 21.1 Å². The topological polar surface area (TPSA) is 74.9 Å². The number of nitrogens with two attached hydrogens (primary N) is 1. The van der Waals surface area contributed by atoms with Crippen molar-refractivity contribution in [2.45, 2.75) is 6.92 Å². The van der Waals surface area contributed by atoms with Crippen LogP contribution in [0.2, 0.25) is 0 Å². The number of phenols is 1. The monoisotopic (exact) mass is 317 g/mol. The van der Waals surface area contributed by atoms with Gasteiger partial charge in [0, 0.05) is 16.2 Å². The summed E-state index contributed by atoms with van der Waals surface area (Å²) in [6.07, 6.45) is 0. The highest BCUT2D eigenvalue weighted by molar-refractivity contribution is 9.10. The number of aromatic amines is 1. The van der Waals surface area contributed by atoms with Crippen LogP contribution in [0.15, 0.2) is 34.8 Å². The second kappa shape index (κ2) is 4.28. The molecule has 19 heavy (non-hydrogen) atoms. The Morgan fingerprint density at radius 2 is 2.05 bits per heavy atom. The van der Waals surface area contributed by atoms with E-state index in [-0.39, 0.29) is 5.75 Å². The minimum Gasteiger partial charge on any atom is -0.507 e. The van der Waals surface area contributed by atoms with Gasteiger partial charge in [-0.15, -0.1) is 0 Å². The van der Waals surface area contributed by atoms with Crippen molar-refractivity contribution in [1.82, 2.24) is 9.97 Å². The molecule has 0 amide bonds. The fourth-order valence-electron chi connectivity index (χ4n) is 2.12. The summed E-state index contributed by atoms with van der Waals surface area (Å²) in [5.74, 6) is 0.754. The van der Waals surface area contributed by atoms with E-state index < -0.39 is 0 Å². The quantitative estimate of drug-likeness (QED) is 0.600. The molecule has 3 rings (SSSR count). The summed E-state index contributed by atoms with van der Waals surface area (Å²) in [7, 11) is 0. The van der Waals surface area contributed by atoms with Gasteiger partial charge < -0.3 is 15.8 Å². The zero-order valence-electron chi connectivity index (χ0n) is 10.2. The number of imidazole rings is 1. The predicted octanol–water partition coefficient (Wildman–Crippen LogP) is 3.59. The Kier molecular flexibility index (Phi) is 2.71. The third-order valence-electron chi connectivity index (χ3n) is 3.02. The van der Waals surface area contributed by atoms with Gasteiger partial charge in [0.25, 0.3) is 0 Å². The van der Waals surface area contributed by atoms with Crippen LogP contribution >= 0.6 is 15.9 Å². The number of fused-ring (bicyclic) bond motifs is 1. The van der Waals surface area contributed by atoms with Crippen LogP contribution in [0.3, 0.4) is 0 Å². The van der Waals surface area contributed by atoms with Gasteiger partial charge in [-0.25, -0.2) is 4.98 Å². The molecule has 0 atom stereocenters. The number of aryl methyl sites for hydroxylation is 1. The molecule has 0 aliphatic heterocycles. The number of aromatic hydroxyl groups is 1. The number of phenolic OH excluding ortho intramolecular Hbond substituents is 1. The van der Waals surface area contributed by atoms with Crippen molar-refractivity contribution in [3.63, 3.8) is 0 Å². The number of hydrogen-bond acceptors (Lipinski definition) is 3. The number of halogens is 1. The van der Waals surface area contributed by atoms with Crippen LogP contribution in [0.5, 0.6) is 5.75 Å². The lowest BCUT2D eigenvalue weighted by molar-refractivity contribution is 0.477. The van der Waals surface area contributed by atoms with Crippen molar-refractivity contribution in [3.8, 4) is 17.1 Å². The Morgan fingerprint density at radius 1 is 1.26 bits per heavy atom. The number of hydrogen-bond donors (Lipinski definition) is 3. The minimum absolute atomic E-state index is 0.121. The Labute approximate surface area is 118 Å². The van der Waals surface area contributed by atoms with Gasteiger partial charge in [-0.1, -0.05) is 15.9 Å². The van der Waals surface area contributed by atoms with Crippen molar-refractivity contribution in [3.05, 3.63) is 40.4 Å². The number of H-pyrrole nitrogens is 1. The summed E-state index contributed by atoms with van der Waals surface area (Å²) in [4.78, 5) is 7.75. The normalized spacial score (nSPS) is 11.1. The highest BCUT2D eigenvalue weighted by atomic mass is 79.9. The van der Waals surface area contributed by atoms with Crippen LogP contribution in [-0.2, 0) is 0 Å². The highest BCUT2D eigenvalue weighted by Crippen LogP contribution is 2.31. The molecule has 3 aromatic rings. The van der Waals surface area contributed by atoms with Crippen molar-refractivity contribution in [1.29, 1.82) is 0 Å². The van der Waals surface area contributed by atoms with Crippen LogP contribution in [0.1, 0.15) is 5.56 Å². The van der Waals surface area contributed by atoms with Crippen LogP contribution in [0, 0.1) is 6.92 Å². The Balaban J connectivity index is 2.23. The molecule has 0 radical (unpaired) electrons. The summed E-state index contributed by atoms with van der Waals surface area (Å²) in [5, 5.41) is 9.94. The molecule has 1 aromatic heterocycles. The zero-order chi connectivity index (χ0) is 13.6. The molecule has 2 aromatic carbocycles. The maximum atomic E-state index is 9.94. The van der Waals surface area contributed by atoms with Gasteiger partial charge in [-0.3, -0.25) is 0 Å². The van der Waals surface area contributed by atoms with Gasteiger partial charge in [-0.05, 0) is 36.8 Å². The smallest absolute Gasteiger partial charge is 0.142 e. The van der Waals surface area contributed by atoms with E-state index >= 15 is 0 Å². The standard InChI is InChI=1S/C14H12BrN3O/c1-7-4-8(15)5-11-13(7)18-14(17-11)10-3-2-9(16)6-12(10)19/h2-6,19H,16H2,1H3,(H,17,18). The molecule has 0 saturated heterocycles. The summed E-state index contributed by atoms with van der Waals surface area (Å²) >= 11 is 3.46. The third-order valence-corrected chi connectivity index (χ3v) is 3.48. The second-order valence-electron chi connectivity index (χ2n) is 4.48. The van der Waals surface area contributed by atoms with E-state index in [1.807, 2.05) is 19.1 Å². The fraction of sp³-hybridized carbons (Fsp3) is 0.0714. The Hall–Kier alpha value is -2.01. The molecule has 0 bridgehead atoms. The first-order valence-electron chi connectivity index (χ1n) is 5.79. The second-order valence-corrected chi connectivity index (χ2v) is 5.40. The van der Waals surface area contributed by atoms with E-state index in [1.54, 1.807) is 12.1 Å². The Bertz CT molecular complexity index is 780. The molecule has 96 valence electrons. The van der Waals surface area contributed by atoms with Gasteiger partial charge >= 0.3 is 0 Å². The molecule has 0 unspecified atom stereocenters. The van der Waals surface area contributed by atoms with Gasteiger partial charge in [0.05, 0.1) is 16.6 Å². The number of nitrogens with one attached hydrogen (secondary N) is 1. The predicted molar refractivity (Wildman–Crippen MR) is 80.0 cm³/mol. The lowest BCUT2D eigenvalue weighted by Gasteiger charge is -2.01. The van der Waals surface area contributed by atoms with Gasteiger partial charge in [-0.2, -0.15) is 0 Å². The molecule has 0 fully saturated rings.